The Bertz CT molecular complexity index is 286. The largest absolute Gasteiger partial charge is 0.385 e. The summed E-state index contributed by atoms with van der Waals surface area (Å²) < 4.78 is 6.82. The summed E-state index contributed by atoms with van der Waals surface area (Å²) in [5.74, 6) is 1.52. The SMILES string of the molecule is COCCCn1nnnc1CNCC(C)C. The maximum absolute atomic E-state index is 5.00. The van der Waals surface area contributed by atoms with E-state index in [1.807, 2.05) is 4.68 Å². The van der Waals surface area contributed by atoms with Gasteiger partial charge in [-0.15, -0.1) is 5.10 Å². The molecule has 0 saturated heterocycles. The van der Waals surface area contributed by atoms with Crippen LogP contribution in [0.1, 0.15) is 26.1 Å². The molecule has 0 aliphatic rings. The Labute approximate surface area is 96.4 Å². The van der Waals surface area contributed by atoms with Gasteiger partial charge in [0.05, 0.1) is 6.54 Å². The molecule has 0 spiro atoms. The zero-order valence-corrected chi connectivity index (χ0v) is 10.3. The second-order valence-corrected chi connectivity index (χ2v) is 4.19. The predicted octanol–water partition coefficient (Wildman–Crippen LogP) is 0.455. The van der Waals surface area contributed by atoms with Crippen LogP contribution in [-0.4, -0.2) is 40.5 Å². The summed E-state index contributed by atoms with van der Waals surface area (Å²) in [6.07, 6.45) is 0.929. The molecule has 0 aliphatic carbocycles. The lowest BCUT2D eigenvalue weighted by Crippen LogP contribution is -2.22. The highest BCUT2D eigenvalue weighted by atomic mass is 16.5. The van der Waals surface area contributed by atoms with Gasteiger partial charge in [-0.1, -0.05) is 13.8 Å². The van der Waals surface area contributed by atoms with Crippen molar-refractivity contribution in [3.63, 3.8) is 0 Å². The zero-order chi connectivity index (χ0) is 11.8. The normalized spacial score (nSPS) is 11.2. The Balaban J connectivity index is 2.32. The second kappa shape index (κ2) is 7.29. The summed E-state index contributed by atoms with van der Waals surface area (Å²) in [5, 5.41) is 14.9. The van der Waals surface area contributed by atoms with Crippen molar-refractivity contribution in [2.24, 2.45) is 5.92 Å². The number of hydrogen-bond acceptors (Lipinski definition) is 5. The van der Waals surface area contributed by atoms with E-state index >= 15 is 0 Å². The molecular formula is C10H21N5O. The van der Waals surface area contributed by atoms with Crippen LogP contribution in [0.2, 0.25) is 0 Å². The molecule has 0 aromatic carbocycles. The third-order valence-corrected chi connectivity index (χ3v) is 2.16. The van der Waals surface area contributed by atoms with Crippen LogP contribution in [0.4, 0.5) is 0 Å². The van der Waals surface area contributed by atoms with Gasteiger partial charge in [-0.2, -0.15) is 0 Å². The van der Waals surface area contributed by atoms with Gasteiger partial charge < -0.3 is 10.1 Å². The van der Waals surface area contributed by atoms with Crippen molar-refractivity contribution in [1.82, 2.24) is 25.5 Å². The molecule has 92 valence electrons. The van der Waals surface area contributed by atoms with Crippen LogP contribution in [0.15, 0.2) is 0 Å². The maximum Gasteiger partial charge on any atom is 0.165 e. The van der Waals surface area contributed by atoms with Gasteiger partial charge in [0.15, 0.2) is 5.82 Å². The number of nitrogens with zero attached hydrogens (tertiary/aromatic N) is 4. The molecule has 0 bridgehead atoms. The van der Waals surface area contributed by atoms with Crippen LogP contribution >= 0.6 is 0 Å². The Hall–Kier alpha value is -1.01. The quantitative estimate of drug-likeness (QED) is 0.653. The molecule has 0 unspecified atom stereocenters. The van der Waals surface area contributed by atoms with Gasteiger partial charge in [0.2, 0.25) is 0 Å². The minimum Gasteiger partial charge on any atom is -0.385 e. The van der Waals surface area contributed by atoms with E-state index in [4.69, 9.17) is 4.74 Å². The van der Waals surface area contributed by atoms with E-state index in [1.54, 1.807) is 7.11 Å². The van der Waals surface area contributed by atoms with Gasteiger partial charge in [0.25, 0.3) is 0 Å². The van der Waals surface area contributed by atoms with E-state index in [0.29, 0.717) is 5.92 Å². The summed E-state index contributed by atoms with van der Waals surface area (Å²) >= 11 is 0. The fourth-order valence-electron chi connectivity index (χ4n) is 1.35. The molecule has 1 heterocycles. The third-order valence-electron chi connectivity index (χ3n) is 2.16. The first kappa shape index (κ1) is 13.1. The lowest BCUT2D eigenvalue weighted by Gasteiger charge is -2.07. The molecule has 0 aliphatic heterocycles. The van der Waals surface area contributed by atoms with Crippen LogP contribution in [-0.2, 0) is 17.8 Å². The number of rotatable bonds is 8. The third kappa shape index (κ3) is 4.67. The first-order valence-corrected chi connectivity index (χ1v) is 5.68. The molecule has 0 atom stereocenters. The van der Waals surface area contributed by atoms with Gasteiger partial charge in [0, 0.05) is 20.3 Å². The van der Waals surface area contributed by atoms with Crippen LogP contribution in [0.3, 0.4) is 0 Å². The molecular weight excluding hydrogens is 206 g/mol. The number of nitrogens with one attached hydrogen (secondary N) is 1. The van der Waals surface area contributed by atoms with Crippen molar-refractivity contribution in [1.29, 1.82) is 0 Å². The second-order valence-electron chi connectivity index (χ2n) is 4.19. The maximum atomic E-state index is 5.00. The number of methoxy groups -OCH3 is 1. The summed E-state index contributed by atoms with van der Waals surface area (Å²) in [7, 11) is 1.70. The fraction of sp³-hybridized carbons (Fsp3) is 0.900. The standard InChI is InChI=1S/C10H21N5O/c1-9(2)7-11-8-10-12-13-14-15(10)5-4-6-16-3/h9,11H,4-8H2,1-3H3. The Morgan fingerprint density at radius 2 is 2.25 bits per heavy atom. The molecule has 1 aromatic rings. The molecule has 16 heavy (non-hydrogen) atoms. The van der Waals surface area contributed by atoms with Crippen LogP contribution in [0.25, 0.3) is 0 Å². The molecule has 6 nitrogen and oxygen atoms in total. The topological polar surface area (TPSA) is 64.9 Å². The highest BCUT2D eigenvalue weighted by molar-refractivity contribution is 4.79. The number of tetrazole rings is 1. The zero-order valence-electron chi connectivity index (χ0n) is 10.3. The Morgan fingerprint density at radius 1 is 1.44 bits per heavy atom. The van der Waals surface area contributed by atoms with Crippen LogP contribution in [0.5, 0.6) is 0 Å². The molecule has 1 rings (SSSR count). The van der Waals surface area contributed by atoms with E-state index in [9.17, 15) is 0 Å². The molecule has 6 heteroatoms. The van der Waals surface area contributed by atoms with Crippen molar-refractivity contribution in [2.45, 2.75) is 33.4 Å². The van der Waals surface area contributed by atoms with E-state index in [-0.39, 0.29) is 0 Å². The minimum atomic E-state index is 0.637. The number of hydrogen-bond donors (Lipinski definition) is 1. The number of aromatic nitrogens is 4. The van der Waals surface area contributed by atoms with Gasteiger partial charge in [-0.3, -0.25) is 0 Å². The summed E-state index contributed by atoms with van der Waals surface area (Å²) in [6, 6.07) is 0. The van der Waals surface area contributed by atoms with E-state index in [2.05, 4.69) is 34.7 Å². The van der Waals surface area contributed by atoms with Crippen molar-refractivity contribution in [3.8, 4) is 0 Å². The summed E-state index contributed by atoms with van der Waals surface area (Å²) in [6.45, 7) is 7.59. The van der Waals surface area contributed by atoms with Crippen molar-refractivity contribution >= 4 is 0 Å². The predicted molar refractivity (Wildman–Crippen MR) is 60.9 cm³/mol. The summed E-state index contributed by atoms with van der Waals surface area (Å²) in [5.41, 5.74) is 0. The molecule has 0 saturated carbocycles. The van der Waals surface area contributed by atoms with Gasteiger partial charge in [0.1, 0.15) is 0 Å². The smallest absolute Gasteiger partial charge is 0.165 e. The highest BCUT2D eigenvalue weighted by Crippen LogP contribution is 1.95. The first-order valence-electron chi connectivity index (χ1n) is 5.68. The van der Waals surface area contributed by atoms with Crippen LogP contribution in [0, 0.1) is 5.92 Å². The minimum absolute atomic E-state index is 0.637. The van der Waals surface area contributed by atoms with Crippen molar-refractivity contribution in [3.05, 3.63) is 5.82 Å². The number of ether oxygens (including phenoxy) is 1. The molecule has 0 radical (unpaired) electrons. The Kier molecular flexibility index (Phi) is 5.95. The average molecular weight is 227 g/mol. The highest BCUT2D eigenvalue weighted by Gasteiger charge is 2.05. The molecule has 1 N–H and O–H groups in total. The van der Waals surface area contributed by atoms with Crippen LogP contribution < -0.4 is 5.32 Å². The molecule has 0 amide bonds. The van der Waals surface area contributed by atoms with E-state index in [0.717, 1.165) is 38.5 Å². The first-order chi connectivity index (χ1) is 7.74. The summed E-state index contributed by atoms with van der Waals surface area (Å²) in [4.78, 5) is 0. The lowest BCUT2D eigenvalue weighted by atomic mass is 10.2. The van der Waals surface area contributed by atoms with Gasteiger partial charge >= 0.3 is 0 Å². The van der Waals surface area contributed by atoms with E-state index in [1.165, 1.54) is 0 Å². The fourth-order valence-corrected chi connectivity index (χ4v) is 1.35. The Morgan fingerprint density at radius 3 is 2.94 bits per heavy atom. The van der Waals surface area contributed by atoms with E-state index < -0.39 is 0 Å². The van der Waals surface area contributed by atoms with Crippen molar-refractivity contribution < 1.29 is 4.74 Å². The monoisotopic (exact) mass is 227 g/mol. The van der Waals surface area contributed by atoms with Crippen molar-refractivity contribution in [2.75, 3.05) is 20.3 Å². The average Bonchev–Trinajstić information content (AvgIpc) is 2.66. The van der Waals surface area contributed by atoms with Gasteiger partial charge in [-0.25, -0.2) is 4.68 Å². The molecule has 1 aromatic heterocycles. The van der Waals surface area contributed by atoms with Gasteiger partial charge in [-0.05, 0) is 29.3 Å². The molecule has 0 fully saturated rings. The lowest BCUT2D eigenvalue weighted by molar-refractivity contribution is 0.188. The number of aryl methyl sites for hydroxylation is 1.